The van der Waals surface area contributed by atoms with Crippen molar-refractivity contribution in [2.75, 3.05) is 10.6 Å². The summed E-state index contributed by atoms with van der Waals surface area (Å²) >= 11 is 15.6. The first kappa shape index (κ1) is 23.0. The number of halogens is 9. The monoisotopic (exact) mass is 461 g/mol. The van der Waals surface area contributed by atoms with Gasteiger partial charge in [0.1, 0.15) is 5.69 Å². The van der Waals surface area contributed by atoms with Crippen LogP contribution in [0.25, 0.3) is 0 Å². The van der Waals surface area contributed by atoms with E-state index < -0.39 is 55.5 Å². The summed E-state index contributed by atoms with van der Waals surface area (Å²) in [5.74, 6) is -4.40. The summed E-state index contributed by atoms with van der Waals surface area (Å²) in [4.78, 5) is 32.1. The number of anilines is 2. The van der Waals surface area contributed by atoms with Crippen LogP contribution in [0.4, 0.5) is 43.4 Å². The number of benzene rings is 1. The third-order valence-electron chi connectivity index (χ3n) is 2.64. The Bertz CT molecular complexity index is 791. The van der Waals surface area contributed by atoms with Crippen molar-refractivity contribution < 1.29 is 40.9 Å². The minimum absolute atomic E-state index is 0.0211. The van der Waals surface area contributed by atoms with Crippen molar-refractivity contribution in [3.63, 3.8) is 0 Å². The number of carbonyl (C=O) groups is 2. The molecule has 1 aromatic rings. The van der Waals surface area contributed by atoms with Gasteiger partial charge >= 0.3 is 18.3 Å². The molecular formula is C11H4Cl3F6N3O4. The molecule has 0 unspecified atom stereocenters. The van der Waals surface area contributed by atoms with E-state index in [0.29, 0.717) is 0 Å². The lowest BCUT2D eigenvalue weighted by Crippen LogP contribution is -2.32. The van der Waals surface area contributed by atoms with Crippen molar-refractivity contribution in [2.24, 2.45) is 0 Å². The molecule has 0 atom stereocenters. The molecule has 7 nitrogen and oxygen atoms in total. The van der Waals surface area contributed by atoms with Crippen LogP contribution in [0.3, 0.4) is 0 Å². The van der Waals surface area contributed by atoms with Gasteiger partial charge in [-0.3, -0.25) is 19.7 Å². The van der Waals surface area contributed by atoms with E-state index in [1.54, 1.807) is 0 Å². The summed E-state index contributed by atoms with van der Waals surface area (Å²) in [6.45, 7) is 0. The fourth-order valence-corrected chi connectivity index (χ4v) is 1.68. The minimum atomic E-state index is -5.55. The molecule has 0 fully saturated rings. The highest BCUT2D eigenvalue weighted by atomic mass is 35.6. The number of carbonyl (C=O) groups excluding carboxylic acids is 2. The summed E-state index contributed by atoms with van der Waals surface area (Å²) in [5.41, 5.74) is -5.95. The van der Waals surface area contributed by atoms with Crippen LogP contribution >= 0.6 is 34.8 Å². The highest BCUT2D eigenvalue weighted by Crippen LogP contribution is 2.41. The van der Waals surface area contributed by atoms with Gasteiger partial charge in [-0.25, -0.2) is 0 Å². The van der Waals surface area contributed by atoms with E-state index in [1.807, 2.05) is 0 Å². The second kappa shape index (κ2) is 7.56. The molecule has 0 aliphatic carbocycles. The maximum atomic E-state index is 12.9. The number of hydrogen-bond donors (Lipinski definition) is 2. The largest absolute Gasteiger partial charge is 0.471 e. The summed E-state index contributed by atoms with van der Waals surface area (Å²) in [6.07, 6.45) is -10.7. The maximum absolute atomic E-state index is 12.9. The van der Waals surface area contributed by atoms with Gasteiger partial charge in [0.25, 0.3) is 15.4 Å². The fraction of sp³-hybridized carbons (Fsp3) is 0.273. The van der Waals surface area contributed by atoms with Gasteiger partial charge in [0.2, 0.25) is 0 Å². The van der Waals surface area contributed by atoms with Gasteiger partial charge < -0.3 is 10.6 Å². The average Bonchev–Trinajstić information content (AvgIpc) is 2.44. The Morgan fingerprint density at radius 3 is 1.85 bits per heavy atom. The lowest BCUT2D eigenvalue weighted by atomic mass is 10.1. The molecule has 0 aromatic heterocycles. The van der Waals surface area contributed by atoms with Crippen molar-refractivity contribution in [1.29, 1.82) is 0 Å². The van der Waals surface area contributed by atoms with Gasteiger partial charge in [0.05, 0.1) is 16.2 Å². The number of hydrogen-bond acceptors (Lipinski definition) is 4. The first-order chi connectivity index (χ1) is 11.9. The summed E-state index contributed by atoms with van der Waals surface area (Å²) in [7, 11) is 0. The molecule has 150 valence electrons. The van der Waals surface area contributed by atoms with Crippen LogP contribution in [0.15, 0.2) is 12.1 Å². The van der Waals surface area contributed by atoms with Gasteiger partial charge in [-0.1, -0.05) is 34.8 Å². The first-order valence-electron chi connectivity index (χ1n) is 6.10. The molecule has 1 rings (SSSR count). The van der Waals surface area contributed by atoms with Gasteiger partial charge in [0, 0.05) is 6.07 Å². The third-order valence-corrected chi connectivity index (χ3v) is 3.16. The lowest BCUT2D eigenvalue weighted by molar-refractivity contribution is -0.384. The lowest BCUT2D eigenvalue weighted by Gasteiger charge is -2.18. The maximum Gasteiger partial charge on any atom is 0.471 e. The molecule has 0 saturated carbocycles. The molecule has 16 heteroatoms. The van der Waals surface area contributed by atoms with E-state index in [0.717, 1.165) is 5.32 Å². The zero-order chi connectivity index (χ0) is 21.4. The molecular weight excluding hydrogens is 458 g/mol. The van der Waals surface area contributed by atoms with Gasteiger partial charge in [-0.2, -0.15) is 26.3 Å². The number of nitrogens with one attached hydrogen (secondary N) is 2. The van der Waals surface area contributed by atoms with Gasteiger partial charge in [-0.05, 0) is 6.07 Å². The van der Waals surface area contributed by atoms with Gasteiger partial charge in [-0.15, -0.1) is 0 Å². The standard InChI is InChI=1S/C11H4Cl3F6N3O4/c12-9(13,14)7(24)21-4-1-3(10(15,16)17)2-5(23(26)27)6(4)22-8(25)11(18,19)20/h1-2H,(H,21,24)(H,22,25). The van der Waals surface area contributed by atoms with Crippen molar-refractivity contribution in [3.05, 3.63) is 27.8 Å². The number of nitrogens with zero attached hydrogens (tertiary/aromatic N) is 1. The highest BCUT2D eigenvalue weighted by molar-refractivity contribution is 6.76. The summed E-state index contributed by atoms with van der Waals surface area (Å²) in [6, 6.07) is -0.121. The molecule has 0 radical (unpaired) electrons. The van der Waals surface area contributed by atoms with Crippen molar-refractivity contribution >= 4 is 63.7 Å². The SMILES string of the molecule is O=C(Nc1c(NC(=O)C(Cl)(Cl)Cl)cc(C(F)(F)F)cc1[N+](=O)[O-])C(F)(F)F. The molecule has 0 aliphatic rings. The Morgan fingerprint density at radius 1 is 0.963 bits per heavy atom. The van der Waals surface area contributed by atoms with E-state index >= 15 is 0 Å². The molecule has 0 spiro atoms. The molecule has 2 N–H and O–H groups in total. The van der Waals surface area contributed by atoms with Crippen molar-refractivity contribution in [2.45, 2.75) is 16.1 Å². The van der Waals surface area contributed by atoms with Crippen LogP contribution in [-0.2, 0) is 15.8 Å². The normalized spacial score (nSPS) is 12.5. The average molecular weight is 463 g/mol. The Balaban J connectivity index is 3.66. The number of alkyl halides is 9. The Labute approximate surface area is 159 Å². The topological polar surface area (TPSA) is 101 Å². The molecule has 1 aromatic carbocycles. The second-order valence-corrected chi connectivity index (χ2v) is 6.86. The number of nitro benzene ring substituents is 1. The Hall–Kier alpha value is -1.99. The first-order valence-corrected chi connectivity index (χ1v) is 7.24. The molecule has 0 saturated heterocycles. The van der Waals surface area contributed by atoms with Gasteiger partial charge in [0.15, 0.2) is 0 Å². The third kappa shape index (κ3) is 6.01. The van der Waals surface area contributed by atoms with E-state index in [2.05, 4.69) is 0 Å². The van der Waals surface area contributed by atoms with Crippen LogP contribution in [0.5, 0.6) is 0 Å². The van der Waals surface area contributed by atoms with E-state index in [1.165, 1.54) is 5.32 Å². The molecule has 0 aliphatic heterocycles. The summed E-state index contributed by atoms with van der Waals surface area (Å²) in [5, 5.41) is 13.5. The Kier molecular flexibility index (Phi) is 6.45. The quantitative estimate of drug-likeness (QED) is 0.300. The van der Waals surface area contributed by atoms with E-state index in [-0.39, 0.29) is 12.1 Å². The number of nitro groups is 1. The molecule has 0 heterocycles. The second-order valence-electron chi connectivity index (χ2n) is 4.58. The van der Waals surface area contributed by atoms with Crippen molar-refractivity contribution in [1.82, 2.24) is 0 Å². The van der Waals surface area contributed by atoms with E-state index in [4.69, 9.17) is 34.8 Å². The highest BCUT2D eigenvalue weighted by Gasteiger charge is 2.42. The minimum Gasteiger partial charge on any atom is -0.320 e. The molecule has 2 amide bonds. The number of amides is 2. The van der Waals surface area contributed by atoms with Crippen LogP contribution in [0, 0.1) is 10.1 Å². The molecule has 27 heavy (non-hydrogen) atoms. The van der Waals surface area contributed by atoms with E-state index in [9.17, 15) is 46.0 Å². The number of rotatable bonds is 3. The predicted molar refractivity (Wildman–Crippen MR) is 81.7 cm³/mol. The van der Waals surface area contributed by atoms with Crippen LogP contribution in [0.1, 0.15) is 5.56 Å². The predicted octanol–water partition coefficient (Wildman–Crippen LogP) is 4.42. The summed E-state index contributed by atoms with van der Waals surface area (Å²) < 4.78 is 73.1. The fourth-order valence-electron chi connectivity index (χ4n) is 1.54. The Morgan fingerprint density at radius 2 is 1.48 bits per heavy atom. The van der Waals surface area contributed by atoms with Crippen LogP contribution in [0.2, 0.25) is 0 Å². The smallest absolute Gasteiger partial charge is 0.320 e. The van der Waals surface area contributed by atoms with Crippen LogP contribution in [-0.4, -0.2) is 26.7 Å². The van der Waals surface area contributed by atoms with Crippen LogP contribution < -0.4 is 10.6 Å². The van der Waals surface area contributed by atoms with Crippen molar-refractivity contribution in [3.8, 4) is 0 Å². The zero-order valence-corrected chi connectivity index (χ0v) is 14.4. The molecule has 0 bridgehead atoms. The zero-order valence-electron chi connectivity index (χ0n) is 12.1.